The van der Waals surface area contributed by atoms with Crippen molar-refractivity contribution in [2.24, 2.45) is 0 Å². The minimum absolute atomic E-state index is 0.0573. The number of hydrogen-bond donors (Lipinski definition) is 2. The van der Waals surface area contributed by atoms with Gasteiger partial charge in [-0.15, -0.1) is 0 Å². The Morgan fingerprint density at radius 1 is 0.714 bits per heavy atom. The van der Waals surface area contributed by atoms with Crippen LogP contribution in [0.1, 0.15) is 61.8 Å². The van der Waals surface area contributed by atoms with Crippen LogP contribution < -0.4 is 3.53 Å². The van der Waals surface area contributed by atoms with Gasteiger partial charge in [0.2, 0.25) is 0 Å². The molecule has 5 nitrogen and oxygen atoms in total. The van der Waals surface area contributed by atoms with Crippen molar-refractivity contribution in [2.75, 3.05) is 0 Å². The van der Waals surface area contributed by atoms with Crippen molar-refractivity contribution in [1.82, 2.24) is 15.0 Å². The molecule has 2 N–H and O–H groups in total. The molecule has 0 saturated carbocycles. The third kappa shape index (κ3) is 8.11. The summed E-state index contributed by atoms with van der Waals surface area (Å²) in [4.78, 5) is 12.8. The summed E-state index contributed by atoms with van der Waals surface area (Å²) < 4.78 is 3.31. The molecule has 6 heteroatoms. The van der Waals surface area contributed by atoms with Gasteiger partial charge in [0.25, 0.3) is 0 Å². The Morgan fingerprint density at radius 2 is 1.14 bits per heavy atom. The van der Waals surface area contributed by atoms with Crippen molar-refractivity contribution in [2.45, 2.75) is 47.8 Å². The molecule has 0 fully saturated rings. The maximum absolute atomic E-state index is 9.55. The van der Waals surface area contributed by atoms with E-state index in [2.05, 4.69) is 81.7 Å². The third-order valence-corrected chi connectivity index (χ3v) is 12.0. The van der Waals surface area contributed by atoms with Crippen molar-refractivity contribution in [3.63, 3.8) is 0 Å². The Bertz CT molecular complexity index is 1100. The normalized spacial score (nSPS) is 10.7. The van der Waals surface area contributed by atoms with E-state index in [0.29, 0.717) is 0 Å². The summed E-state index contributed by atoms with van der Waals surface area (Å²) in [5, 5.41) is 19.1. The van der Waals surface area contributed by atoms with E-state index in [0.717, 1.165) is 22.9 Å². The van der Waals surface area contributed by atoms with Crippen LogP contribution in [0.5, 0.6) is 11.5 Å². The molecule has 180 valence electrons. The zero-order chi connectivity index (χ0) is 25.2. The summed E-state index contributed by atoms with van der Waals surface area (Å²) in [6, 6.07) is 25.8. The van der Waals surface area contributed by atoms with Gasteiger partial charge in [0, 0.05) is 0 Å². The summed E-state index contributed by atoms with van der Waals surface area (Å²) in [5.74, 6) is 0.595. The fraction of sp³-hybridized carbons (Fsp3) is 0.276. The molecule has 35 heavy (non-hydrogen) atoms. The molecule has 4 aromatic rings. The fourth-order valence-corrected chi connectivity index (χ4v) is 9.62. The summed E-state index contributed by atoms with van der Waals surface area (Å²) in [7, 11) is 0. The van der Waals surface area contributed by atoms with Crippen LogP contribution >= 0.6 is 0 Å². The van der Waals surface area contributed by atoms with Gasteiger partial charge in [0.1, 0.15) is 11.5 Å². The number of rotatable bonds is 7. The molecule has 0 spiro atoms. The SMILES string of the molecule is CC(C)c1cc(C(C)C)c(O)[c]c1O.c1ccc([CH2][Zr]([CH2]c2ccccc2)[c]2ncncn2)cc1. The first-order chi connectivity index (χ1) is 16.8. The Balaban J connectivity index is 0.000000214. The molecule has 3 aromatic carbocycles. The number of hydrogen-bond acceptors (Lipinski definition) is 5. The summed E-state index contributed by atoms with van der Waals surface area (Å²) in [6.45, 7) is 8.02. The van der Waals surface area contributed by atoms with E-state index >= 15 is 0 Å². The topological polar surface area (TPSA) is 79.1 Å². The van der Waals surface area contributed by atoms with Gasteiger partial charge in [-0.05, 0) is 29.0 Å². The van der Waals surface area contributed by atoms with Crippen molar-refractivity contribution < 1.29 is 32.0 Å². The van der Waals surface area contributed by atoms with Gasteiger partial charge in [0.15, 0.2) is 0 Å². The first-order valence-electron chi connectivity index (χ1n) is 11.9. The Hall–Kier alpha value is -2.85. The van der Waals surface area contributed by atoms with E-state index in [9.17, 15) is 10.2 Å². The second kappa shape index (κ2) is 13.3. The van der Waals surface area contributed by atoms with Gasteiger partial charge in [-0.3, -0.25) is 0 Å². The number of phenols is 2. The molecule has 0 saturated heterocycles. The molecule has 1 aromatic heterocycles. The first kappa shape index (κ1) is 26.8. The van der Waals surface area contributed by atoms with E-state index in [1.807, 2.05) is 33.8 Å². The monoisotopic (exact) mass is 545 g/mol. The molecule has 1 radical (unpaired) electrons. The van der Waals surface area contributed by atoms with E-state index < -0.39 is 21.8 Å². The van der Waals surface area contributed by atoms with Crippen LogP contribution in [0.25, 0.3) is 0 Å². The molecular weight excluding hydrogens is 514 g/mol. The molecule has 0 aliphatic carbocycles. The third-order valence-electron chi connectivity index (χ3n) is 5.67. The molecular formula is C29H33N3O2Zr. The summed E-state index contributed by atoms with van der Waals surface area (Å²) >= 11 is -1.96. The van der Waals surface area contributed by atoms with E-state index in [-0.39, 0.29) is 23.3 Å². The average Bonchev–Trinajstić information content (AvgIpc) is 2.85. The van der Waals surface area contributed by atoms with Gasteiger partial charge in [-0.25, -0.2) is 0 Å². The Morgan fingerprint density at radius 3 is 1.54 bits per heavy atom. The number of aromatic hydroxyl groups is 2. The number of benzene rings is 3. The van der Waals surface area contributed by atoms with Crippen LogP contribution in [0.3, 0.4) is 0 Å². The van der Waals surface area contributed by atoms with Gasteiger partial charge in [-0.1, -0.05) is 27.7 Å². The van der Waals surface area contributed by atoms with E-state index in [1.54, 1.807) is 12.7 Å². The van der Waals surface area contributed by atoms with Crippen LogP contribution in [0.4, 0.5) is 0 Å². The van der Waals surface area contributed by atoms with Crippen LogP contribution in [-0.2, 0) is 30.0 Å². The molecule has 0 unspecified atom stereocenters. The van der Waals surface area contributed by atoms with Crippen molar-refractivity contribution in [1.29, 1.82) is 0 Å². The van der Waals surface area contributed by atoms with Gasteiger partial charge in [0.05, 0.1) is 6.07 Å². The molecule has 0 bridgehead atoms. The van der Waals surface area contributed by atoms with Crippen molar-refractivity contribution in [3.05, 3.63) is 108 Å². The first-order valence-corrected chi connectivity index (χ1v) is 16.6. The minimum atomic E-state index is -1.96. The van der Waals surface area contributed by atoms with Crippen LogP contribution in [0.15, 0.2) is 79.4 Å². The van der Waals surface area contributed by atoms with Crippen LogP contribution in [0, 0.1) is 6.07 Å². The van der Waals surface area contributed by atoms with Gasteiger partial charge in [-0.2, -0.15) is 0 Å². The predicted molar refractivity (Wildman–Crippen MR) is 137 cm³/mol. The number of aromatic nitrogens is 3. The van der Waals surface area contributed by atoms with Gasteiger partial charge < -0.3 is 10.2 Å². The summed E-state index contributed by atoms with van der Waals surface area (Å²) in [5.41, 5.74) is 4.46. The fourth-order valence-electron chi connectivity index (χ4n) is 3.77. The molecule has 4 rings (SSSR count). The molecule has 0 amide bonds. The molecule has 0 aliphatic rings. The van der Waals surface area contributed by atoms with Crippen LogP contribution in [0.2, 0.25) is 0 Å². The quantitative estimate of drug-likeness (QED) is 0.313. The number of phenolic OH excluding ortho intramolecular Hbond substituents is 2. The second-order valence-corrected chi connectivity index (χ2v) is 14.9. The average molecular weight is 547 g/mol. The van der Waals surface area contributed by atoms with Gasteiger partial charge >= 0.3 is 133 Å². The van der Waals surface area contributed by atoms with E-state index in [4.69, 9.17) is 0 Å². The zero-order valence-electron chi connectivity index (χ0n) is 20.8. The molecule has 0 atom stereocenters. The van der Waals surface area contributed by atoms with Crippen LogP contribution in [-0.4, -0.2) is 25.2 Å². The Kier molecular flexibility index (Phi) is 10.2. The molecule has 0 aliphatic heterocycles. The molecule has 1 heterocycles. The maximum atomic E-state index is 9.55. The van der Waals surface area contributed by atoms with Crippen molar-refractivity contribution >= 4 is 3.53 Å². The summed E-state index contributed by atoms with van der Waals surface area (Å²) in [6.07, 6.45) is 3.25. The predicted octanol–water partition coefficient (Wildman–Crippen LogP) is 5.66. The zero-order valence-corrected chi connectivity index (χ0v) is 23.3. The van der Waals surface area contributed by atoms with E-state index in [1.165, 1.54) is 11.1 Å². The number of nitrogens with zero attached hydrogens (tertiary/aromatic N) is 3. The van der Waals surface area contributed by atoms with Crippen molar-refractivity contribution in [3.8, 4) is 11.5 Å². The standard InChI is InChI=1S/C12H17O2.2C7H7.C3H2N3.Zr/c1-7(2)9-5-10(8(3)4)12(14)6-11(9)13;2*1-7-5-3-2-4-6-7;1-4-2-6-3-5-1;/h5,7-8,13-14H,1-4H3;2*2-6H,1H2;1-2H;. The Labute approximate surface area is 216 Å². The second-order valence-electron chi connectivity index (χ2n) is 9.08.